The SMILES string of the molecule is O=C(N[C@@H](C(=O)N1CCCCC1)C1CCN(C(=O)C2CCCC2)CC1)c1cccs1. The number of hydrogen-bond donors (Lipinski definition) is 1. The Morgan fingerprint density at radius 1 is 0.900 bits per heavy atom. The molecule has 0 bridgehead atoms. The van der Waals surface area contributed by atoms with Crippen molar-refractivity contribution in [2.45, 2.75) is 63.8 Å². The van der Waals surface area contributed by atoms with Crippen molar-refractivity contribution in [2.75, 3.05) is 26.2 Å². The van der Waals surface area contributed by atoms with Crippen molar-refractivity contribution in [1.82, 2.24) is 15.1 Å². The zero-order valence-electron chi connectivity index (χ0n) is 17.7. The normalized spacial score (nSPS) is 22.1. The summed E-state index contributed by atoms with van der Waals surface area (Å²) < 4.78 is 0. The topological polar surface area (TPSA) is 69.7 Å². The lowest BCUT2D eigenvalue weighted by Gasteiger charge is -2.39. The van der Waals surface area contributed by atoms with Gasteiger partial charge in [-0.05, 0) is 62.3 Å². The maximum atomic E-state index is 13.4. The largest absolute Gasteiger partial charge is 0.342 e. The molecule has 1 aromatic heterocycles. The Morgan fingerprint density at radius 2 is 1.60 bits per heavy atom. The Labute approximate surface area is 183 Å². The molecule has 2 aliphatic heterocycles. The van der Waals surface area contributed by atoms with E-state index in [0.717, 1.165) is 70.9 Å². The molecule has 3 amide bonds. The standard InChI is InChI=1S/C23H33N3O3S/c27-21(19-9-6-16-30-19)24-20(23(29)25-12-4-1-5-13-25)17-10-14-26(15-11-17)22(28)18-7-2-3-8-18/h6,9,16-18,20H,1-5,7-8,10-15H2,(H,24,27)/t20-/m1/s1. The summed E-state index contributed by atoms with van der Waals surface area (Å²) in [6, 6.07) is 3.15. The first-order valence-electron chi connectivity index (χ1n) is 11.6. The number of thiophene rings is 1. The number of carbonyl (C=O) groups excluding carboxylic acids is 3. The van der Waals surface area contributed by atoms with Crippen LogP contribution in [0.15, 0.2) is 17.5 Å². The molecule has 0 aromatic carbocycles. The number of nitrogens with one attached hydrogen (secondary N) is 1. The van der Waals surface area contributed by atoms with E-state index < -0.39 is 6.04 Å². The lowest BCUT2D eigenvalue weighted by molar-refractivity contribution is -0.138. The molecule has 1 saturated carbocycles. The highest BCUT2D eigenvalue weighted by Gasteiger charge is 2.37. The van der Waals surface area contributed by atoms with Crippen molar-refractivity contribution < 1.29 is 14.4 Å². The lowest BCUT2D eigenvalue weighted by Crippen LogP contribution is -2.55. The third-order valence-corrected chi connectivity index (χ3v) is 7.86. The number of rotatable bonds is 5. The Balaban J connectivity index is 1.41. The van der Waals surface area contributed by atoms with Crippen LogP contribution in [0.25, 0.3) is 0 Å². The van der Waals surface area contributed by atoms with Gasteiger partial charge in [-0.15, -0.1) is 11.3 Å². The molecule has 0 radical (unpaired) electrons. The Morgan fingerprint density at radius 3 is 2.23 bits per heavy atom. The van der Waals surface area contributed by atoms with Gasteiger partial charge in [-0.2, -0.15) is 0 Å². The van der Waals surface area contributed by atoms with E-state index in [2.05, 4.69) is 5.32 Å². The number of nitrogens with zero attached hydrogens (tertiary/aromatic N) is 2. The molecule has 3 fully saturated rings. The summed E-state index contributed by atoms with van der Waals surface area (Å²) in [5.41, 5.74) is 0. The summed E-state index contributed by atoms with van der Waals surface area (Å²) in [7, 11) is 0. The molecule has 164 valence electrons. The monoisotopic (exact) mass is 431 g/mol. The van der Waals surface area contributed by atoms with Crippen LogP contribution in [0.4, 0.5) is 0 Å². The molecule has 3 aliphatic rings. The fraction of sp³-hybridized carbons (Fsp3) is 0.696. The molecule has 1 atom stereocenters. The Hall–Kier alpha value is -1.89. The van der Waals surface area contributed by atoms with Gasteiger partial charge in [0.1, 0.15) is 6.04 Å². The van der Waals surface area contributed by atoms with Crippen LogP contribution in [-0.2, 0) is 9.59 Å². The van der Waals surface area contributed by atoms with Crippen LogP contribution in [0.5, 0.6) is 0 Å². The van der Waals surface area contributed by atoms with Crippen molar-refractivity contribution >= 4 is 29.1 Å². The van der Waals surface area contributed by atoms with Crippen molar-refractivity contribution in [1.29, 1.82) is 0 Å². The molecule has 0 unspecified atom stereocenters. The summed E-state index contributed by atoms with van der Waals surface area (Å²) in [6.07, 6.45) is 9.13. The lowest BCUT2D eigenvalue weighted by atomic mass is 9.87. The van der Waals surface area contributed by atoms with E-state index in [-0.39, 0.29) is 23.7 Å². The van der Waals surface area contributed by atoms with Gasteiger partial charge in [0.05, 0.1) is 4.88 Å². The molecule has 6 nitrogen and oxygen atoms in total. The van der Waals surface area contributed by atoms with Crippen LogP contribution in [0.1, 0.15) is 67.5 Å². The van der Waals surface area contributed by atoms with Gasteiger partial charge in [-0.1, -0.05) is 18.9 Å². The van der Waals surface area contributed by atoms with E-state index in [4.69, 9.17) is 0 Å². The molecule has 2 saturated heterocycles. The number of amides is 3. The molecule has 1 aromatic rings. The first-order chi connectivity index (χ1) is 14.6. The highest BCUT2D eigenvalue weighted by Crippen LogP contribution is 2.30. The van der Waals surface area contributed by atoms with Gasteiger partial charge < -0.3 is 15.1 Å². The summed E-state index contributed by atoms with van der Waals surface area (Å²) in [4.78, 5) is 43.5. The Kier molecular flexibility index (Phi) is 7.08. The van der Waals surface area contributed by atoms with Crippen molar-refractivity contribution in [3.05, 3.63) is 22.4 Å². The van der Waals surface area contributed by atoms with Crippen LogP contribution in [0.2, 0.25) is 0 Å². The Bertz CT molecular complexity index is 731. The van der Waals surface area contributed by atoms with Gasteiger partial charge in [0.2, 0.25) is 11.8 Å². The fourth-order valence-corrected chi connectivity index (χ4v) is 5.82. The average Bonchev–Trinajstić information content (AvgIpc) is 3.52. The van der Waals surface area contributed by atoms with E-state index in [9.17, 15) is 14.4 Å². The quantitative estimate of drug-likeness (QED) is 0.778. The molecule has 7 heteroatoms. The van der Waals surface area contributed by atoms with Crippen LogP contribution >= 0.6 is 11.3 Å². The summed E-state index contributed by atoms with van der Waals surface area (Å²) in [5, 5.41) is 4.94. The average molecular weight is 432 g/mol. The zero-order valence-corrected chi connectivity index (χ0v) is 18.5. The van der Waals surface area contributed by atoms with E-state index in [0.29, 0.717) is 23.9 Å². The minimum absolute atomic E-state index is 0.0557. The van der Waals surface area contributed by atoms with Gasteiger partial charge in [-0.3, -0.25) is 14.4 Å². The zero-order chi connectivity index (χ0) is 20.9. The van der Waals surface area contributed by atoms with Crippen LogP contribution in [-0.4, -0.2) is 59.7 Å². The van der Waals surface area contributed by atoms with Gasteiger partial charge in [0, 0.05) is 32.1 Å². The third kappa shape index (κ3) is 4.88. The first-order valence-corrected chi connectivity index (χ1v) is 12.4. The van der Waals surface area contributed by atoms with Gasteiger partial charge in [0.15, 0.2) is 0 Å². The van der Waals surface area contributed by atoms with Crippen LogP contribution in [0, 0.1) is 11.8 Å². The number of carbonyl (C=O) groups is 3. The molecule has 1 N–H and O–H groups in total. The smallest absolute Gasteiger partial charge is 0.262 e. The van der Waals surface area contributed by atoms with Crippen molar-refractivity contribution in [2.24, 2.45) is 11.8 Å². The van der Waals surface area contributed by atoms with Gasteiger partial charge in [-0.25, -0.2) is 0 Å². The van der Waals surface area contributed by atoms with E-state index in [1.165, 1.54) is 11.3 Å². The maximum absolute atomic E-state index is 13.4. The minimum Gasteiger partial charge on any atom is -0.342 e. The molecular formula is C23H33N3O3S. The second-order valence-corrected chi connectivity index (χ2v) is 9.91. The summed E-state index contributed by atoms with van der Waals surface area (Å²) >= 11 is 1.40. The summed E-state index contributed by atoms with van der Waals surface area (Å²) in [6.45, 7) is 2.95. The predicted octanol–water partition coefficient (Wildman–Crippen LogP) is 3.29. The van der Waals surface area contributed by atoms with Crippen molar-refractivity contribution in [3.8, 4) is 0 Å². The minimum atomic E-state index is -0.499. The second-order valence-electron chi connectivity index (χ2n) is 8.96. The number of likely N-dealkylation sites (tertiary alicyclic amines) is 2. The van der Waals surface area contributed by atoms with Gasteiger partial charge in [0.25, 0.3) is 5.91 Å². The third-order valence-electron chi connectivity index (χ3n) is 6.99. The first kappa shape index (κ1) is 21.3. The highest BCUT2D eigenvalue weighted by atomic mass is 32.1. The molecular weight excluding hydrogens is 398 g/mol. The van der Waals surface area contributed by atoms with Crippen molar-refractivity contribution in [3.63, 3.8) is 0 Å². The van der Waals surface area contributed by atoms with E-state index in [1.54, 1.807) is 6.07 Å². The molecule has 3 heterocycles. The predicted molar refractivity (Wildman–Crippen MR) is 117 cm³/mol. The van der Waals surface area contributed by atoms with Gasteiger partial charge >= 0.3 is 0 Å². The molecule has 1 aliphatic carbocycles. The molecule has 4 rings (SSSR count). The van der Waals surface area contributed by atoms with Crippen LogP contribution < -0.4 is 5.32 Å². The second kappa shape index (κ2) is 9.94. The molecule has 0 spiro atoms. The highest BCUT2D eigenvalue weighted by molar-refractivity contribution is 7.12. The summed E-state index contributed by atoms with van der Waals surface area (Å²) in [5.74, 6) is 0.472. The maximum Gasteiger partial charge on any atom is 0.262 e. The van der Waals surface area contributed by atoms with Crippen LogP contribution in [0.3, 0.4) is 0 Å². The number of hydrogen-bond acceptors (Lipinski definition) is 4. The molecule has 30 heavy (non-hydrogen) atoms. The van der Waals surface area contributed by atoms with E-state index >= 15 is 0 Å². The number of piperidine rings is 2. The van der Waals surface area contributed by atoms with E-state index in [1.807, 2.05) is 21.2 Å². The fourth-order valence-electron chi connectivity index (χ4n) is 5.20.